The van der Waals surface area contributed by atoms with Crippen molar-refractivity contribution in [3.63, 3.8) is 0 Å². The van der Waals surface area contributed by atoms with E-state index in [1.165, 1.54) is 6.07 Å². The second-order valence-corrected chi connectivity index (χ2v) is 3.55. The van der Waals surface area contributed by atoms with Crippen LogP contribution in [0.1, 0.15) is 22.3 Å². The van der Waals surface area contributed by atoms with E-state index in [1.807, 2.05) is 6.07 Å². The summed E-state index contributed by atoms with van der Waals surface area (Å²) < 4.78 is 0.758. The maximum Gasteiger partial charge on any atom is 0.336 e. The maximum atomic E-state index is 10.8. The quantitative estimate of drug-likeness (QED) is 0.792. The van der Waals surface area contributed by atoms with E-state index in [0.29, 0.717) is 5.56 Å². The van der Waals surface area contributed by atoms with Gasteiger partial charge in [-0.1, -0.05) is 27.8 Å². The van der Waals surface area contributed by atoms with Crippen molar-refractivity contribution in [2.45, 2.75) is 6.42 Å². The predicted molar refractivity (Wildman–Crippen MR) is 58.2 cm³/mol. The minimum Gasteiger partial charge on any atom is -0.478 e. The summed E-state index contributed by atoms with van der Waals surface area (Å²) in [6, 6.07) is 6.60. The Hall–Kier alpha value is -1.78. The van der Waals surface area contributed by atoms with Gasteiger partial charge in [-0.2, -0.15) is 5.26 Å². The first-order chi connectivity index (χ1) is 7.15. The van der Waals surface area contributed by atoms with Crippen molar-refractivity contribution >= 4 is 21.9 Å². The molecular formula is C11H6BrNO2. The first-order valence-corrected chi connectivity index (χ1v) is 4.83. The highest BCUT2D eigenvalue weighted by Crippen LogP contribution is 2.15. The highest BCUT2D eigenvalue weighted by Gasteiger charge is 2.07. The third-order valence-corrected chi connectivity index (χ3v) is 2.10. The molecule has 74 valence electrons. The standard InChI is InChI=1S/C11H6BrNO2/c12-9-4-5-10(11(14)15)8(7-9)3-1-2-6-13/h4-5,7H,2H2,(H,14,15). The molecule has 0 unspecified atom stereocenters. The summed E-state index contributed by atoms with van der Waals surface area (Å²) in [5.74, 6) is 4.21. The summed E-state index contributed by atoms with van der Waals surface area (Å²) in [5.41, 5.74) is 0.552. The van der Waals surface area contributed by atoms with Gasteiger partial charge in [0, 0.05) is 10.0 Å². The first kappa shape index (κ1) is 11.3. The van der Waals surface area contributed by atoms with Gasteiger partial charge < -0.3 is 5.11 Å². The van der Waals surface area contributed by atoms with E-state index in [9.17, 15) is 4.79 Å². The van der Waals surface area contributed by atoms with Gasteiger partial charge in [0.25, 0.3) is 0 Å². The number of nitrogens with zero attached hydrogens (tertiary/aromatic N) is 1. The van der Waals surface area contributed by atoms with Crippen molar-refractivity contribution < 1.29 is 9.90 Å². The van der Waals surface area contributed by atoms with Crippen LogP contribution in [0.4, 0.5) is 0 Å². The molecule has 1 aromatic rings. The lowest BCUT2D eigenvalue weighted by Gasteiger charge is -1.99. The van der Waals surface area contributed by atoms with E-state index in [2.05, 4.69) is 27.8 Å². The van der Waals surface area contributed by atoms with Crippen molar-refractivity contribution in [2.24, 2.45) is 0 Å². The van der Waals surface area contributed by atoms with Crippen LogP contribution in [-0.4, -0.2) is 11.1 Å². The van der Waals surface area contributed by atoms with Gasteiger partial charge in [-0.15, -0.1) is 0 Å². The van der Waals surface area contributed by atoms with Gasteiger partial charge in [-0.3, -0.25) is 0 Å². The Morgan fingerprint density at radius 2 is 2.27 bits per heavy atom. The Morgan fingerprint density at radius 3 is 2.87 bits per heavy atom. The van der Waals surface area contributed by atoms with Gasteiger partial charge in [0.1, 0.15) is 0 Å². The molecule has 0 aromatic heterocycles. The van der Waals surface area contributed by atoms with E-state index < -0.39 is 5.97 Å². The number of halogens is 1. The van der Waals surface area contributed by atoms with Crippen molar-refractivity contribution in [1.29, 1.82) is 5.26 Å². The van der Waals surface area contributed by atoms with Crippen LogP contribution in [0.2, 0.25) is 0 Å². The van der Waals surface area contributed by atoms with Crippen LogP contribution in [0.5, 0.6) is 0 Å². The van der Waals surface area contributed by atoms with Crippen molar-refractivity contribution in [2.75, 3.05) is 0 Å². The predicted octanol–water partition coefficient (Wildman–Crippen LogP) is 2.41. The molecule has 0 aliphatic heterocycles. The Bertz CT molecular complexity index is 492. The summed E-state index contributed by atoms with van der Waals surface area (Å²) in [7, 11) is 0. The number of hydrogen-bond donors (Lipinski definition) is 1. The van der Waals surface area contributed by atoms with E-state index in [1.54, 1.807) is 12.1 Å². The van der Waals surface area contributed by atoms with Gasteiger partial charge in [0.2, 0.25) is 0 Å². The summed E-state index contributed by atoms with van der Waals surface area (Å²) in [5, 5.41) is 17.2. The second-order valence-electron chi connectivity index (χ2n) is 2.63. The summed E-state index contributed by atoms with van der Waals surface area (Å²) in [6.07, 6.45) is 0.0889. The highest BCUT2D eigenvalue weighted by molar-refractivity contribution is 9.10. The minimum absolute atomic E-state index is 0.0889. The SMILES string of the molecule is N#CCC#Cc1cc(Br)ccc1C(=O)O. The van der Waals surface area contributed by atoms with Crippen LogP contribution >= 0.6 is 15.9 Å². The van der Waals surface area contributed by atoms with Gasteiger partial charge >= 0.3 is 5.97 Å². The normalized spacial score (nSPS) is 8.53. The average Bonchev–Trinajstić information content (AvgIpc) is 2.18. The lowest BCUT2D eigenvalue weighted by Crippen LogP contribution is -1.99. The zero-order chi connectivity index (χ0) is 11.3. The maximum absolute atomic E-state index is 10.8. The molecule has 0 saturated carbocycles. The number of hydrogen-bond acceptors (Lipinski definition) is 2. The van der Waals surface area contributed by atoms with Crippen LogP contribution in [0, 0.1) is 23.2 Å². The highest BCUT2D eigenvalue weighted by atomic mass is 79.9. The number of carbonyl (C=O) groups is 1. The number of carboxylic acid groups (broad SMARTS) is 1. The molecule has 3 nitrogen and oxygen atoms in total. The zero-order valence-electron chi connectivity index (χ0n) is 7.62. The smallest absolute Gasteiger partial charge is 0.336 e. The Morgan fingerprint density at radius 1 is 1.53 bits per heavy atom. The number of benzene rings is 1. The fourth-order valence-corrected chi connectivity index (χ4v) is 1.35. The van der Waals surface area contributed by atoms with Gasteiger partial charge in [-0.05, 0) is 18.2 Å². The molecule has 0 fully saturated rings. The van der Waals surface area contributed by atoms with E-state index in [4.69, 9.17) is 10.4 Å². The molecule has 1 rings (SSSR count). The summed E-state index contributed by atoms with van der Waals surface area (Å²) in [6.45, 7) is 0. The second kappa shape index (κ2) is 5.19. The van der Waals surface area contributed by atoms with E-state index in [0.717, 1.165) is 4.47 Å². The van der Waals surface area contributed by atoms with Crippen LogP contribution in [-0.2, 0) is 0 Å². The molecule has 0 saturated heterocycles. The lowest BCUT2D eigenvalue weighted by molar-refractivity contribution is 0.0696. The number of nitriles is 1. The number of carboxylic acids is 1. The lowest BCUT2D eigenvalue weighted by atomic mass is 10.1. The Balaban J connectivity index is 3.16. The average molecular weight is 264 g/mol. The molecule has 1 aromatic carbocycles. The molecule has 0 aliphatic rings. The molecule has 4 heteroatoms. The Kier molecular flexibility index (Phi) is 3.91. The van der Waals surface area contributed by atoms with Gasteiger partial charge in [0.15, 0.2) is 0 Å². The fourth-order valence-electron chi connectivity index (χ4n) is 0.985. The first-order valence-electron chi connectivity index (χ1n) is 4.04. The molecular weight excluding hydrogens is 258 g/mol. The van der Waals surface area contributed by atoms with Gasteiger partial charge in [-0.25, -0.2) is 4.79 Å². The molecule has 0 amide bonds. The molecule has 0 radical (unpaired) electrons. The third kappa shape index (κ3) is 3.12. The van der Waals surface area contributed by atoms with Crippen molar-refractivity contribution in [3.8, 4) is 17.9 Å². The fraction of sp³-hybridized carbons (Fsp3) is 0.0909. The molecule has 0 aliphatic carbocycles. The van der Waals surface area contributed by atoms with E-state index in [-0.39, 0.29) is 12.0 Å². The topological polar surface area (TPSA) is 61.1 Å². The van der Waals surface area contributed by atoms with E-state index >= 15 is 0 Å². The minimum atomic E-state index is -1.02. The Labute approximate surface area is 95.5 Å². The molecule has 0 heterocycles. The molecule has 1 N–H and O–H groups in total. The third-order valence-electron chi connectivity index (χ3n) is 1.60. The monoisotopic (exact) mass is 263 g/mol. The van der Waals surface area contributed by atoms with Crippen molar-refractivity contribution in [3.05, 3.63) is 33.8 Å². The van der Waals surface area contributed by atoms with Crippen LogP contribution < -0.4 is 0 Å². The zero-order valence-corrected chi connectivity index (χ0v) is 9.21. The molecule has 0 atom stereocenters. The number of aromatic carboxylic acids is 1. The van der Waals surface area contributed by atoms with Crippen LogP contribution in [0.3, 0.4) is 0 Å². The largest absolute Gasteiger partial charge is 0.478 e. The molecule has 0 bridgehead atoms. The summed E-state index contributed by atoms with van der Waals surface area (Å²) >= 11 is 3.23. The van der Waals surface area contributed by atoms with Crippen LogP contribution in [0.25, 0.3) is 0 Å². The molecule has 0 spiro atoms. The van der Waals surface area contributed by atoms with Crippen LogP contribution in [0.15, 0.2) is 22.7 Å². The summed E-state index contributed by atoms with van der Waals surface area (Å²) in [4.78, 5) is 10.8. The molecule has 15 heavy (non-hydrogen) atoms. The van der Waals surface area contributed by atoms with Gasteiger partial charge in [0.05, 0.1) is 18.1 Å². The number of rotatable bonds is 1. The van der Waals surface area contributed by atoms with Crippen molar-refractivity contribution in [1.82, 2.24) is 0 Å².